The Morgan fingerprint density at radius 3 is 2.89 bits per heavy atom. The van der Waals surface area contributed by atoms with Crippen molar-refractivity contribution < 1.29 is 4.79 Å². The summed E-state index contributed by atoms with van der Waals surface area (Å²) in [6.07, 6.45) is 7.40. The average Bonchev–Trinajstić information content (AvgIpc) is 2.34. The van der Waals surface area contributed by atoms with E-state index in [0.717, 1.165) is 26.6 Å². The number of anilines is 1. The summed E-state index contributed by atoms with van der Waals surface area (Å²) >= 11 is 5.72. The number of benzene rings is 1. The van der Waals surface area contributed by atoms with Gasteiger partial charge in [0.25, 0.3) is 0 Å². The van der Waals surface area contributed by atoms with Crippen LogP contribution in [0.25, 0.3) is 0 Å². The minimum atomic E-state index is 0.0741. The average molecular weight is 420 g/mol. The number of halogens is 2. The summed E-state index contributed by atoms with van der Waals surface area (Å²) in [6, 6.07) is 5.91. The molecule has 0 aliphatic heterocycles. The van der Waals surface area contributed by atoms with Gasteiger partial charge in [-0.1, -0.05) is 11.6 Å². The Kier molecular flexibility index (Phi) is 5.24. The van der Waals surface area contributed by atoms with Crippen LogP contribution in [-0.4, -0.2) is 5.91 Å². The Morgan fingerprint density at radius 2 is 2.22 bits per heavy atom. The Bertz CT molecular complexity index is 485. The molecule has 1 N–H and O–H groups in total. The molecule has 0 radical (unpaired) electrons. The maximum atomic E-state index is 11.9. The maximum Gasteiger partial charge on any atom is 0.228 e. The van der Waals surface area contributed by atoms with Crippen LogP contribution in [0.4, 0.5) is 5.69 Å². The second kappa shape index (κ2) is 6.70. The number of nitrogens with one attached hydrogen (secondary N) is 1. The van der Waals surface area contributed by atoms with Crippen LogP contribution in [0.5, 0.6) is 0 Å². The molecule has 0 spiro atoms. The molecule has 4 heteroatoms. The summed E-state index contributed by atoms with van der Waals surface area (Å²) in [5.74, 6) is 0.0741. The van der Waals surface area contributed by atoms with Crippen LogP contribution in [-0.2, 0) is 4.79 Å². The highest BCUT2D eigenvalue weighted by atomic mass is 127. The molecule has 1 aliphatic rings. The molecular formula is C14H15BrINO. The highest BCUT2D eigenvalue weighted by Crippen LogP contribution is 2.25. The lowest BCUT2D eigenvalue weighted by Crippen LogP contribution is -2.13. The summed E-state index contributed by atoms with van der Waals surface area (Å²) in [6.45, 7) is 0. The van der Waals surface area contributed by atoms with Crippen molar-refractivity contribution in [2.24, 2.45) is 0 Å². The highest BCUT2D eigenvalue weighted by Gasteiger charge is 2.10. The third kappa shape index (κ3) is 4.09. The van der Waals surface area contributed by atoms with Crippen molar-refractivity contribution in [3.63, 3.8) is 0 Å². The first-order valence-electron chi connectivity index (χ1n) is 6.08. The molecule has 18 heavy (non-hydrogen) atoms. The van der Waals surface area contributed by atoms with E-state index < -0.39 is 0 Å². The van der Waals surface area contributed by atoms with E-state index in [1.165, 1.54) is 18.4 Å². The van der Waals surface area contributed by atoms with E-state index >= 15 is 0 Å². The summed E-state index contributed by atoms with van der Waals surface area (Å²) < 4.78 is 2.08. The summed E-state index contributed by atoms with van der Waals surface area (Å²) in [4.78, 5) is 11.9. The fraction of sp³-hybridized carbons (Fsp3) is 0.357. The molecule has 0 unspecified atom stereocenters. The lowest BCUT2D eigenvalue weighted by atomic mass is 9.97. The maximum absolute atomic E-state index is 11.9. The summed E-state index contributed by atoms with van der Waals surface area (Å²) in [5.41, 5.74) is 2.12. The molecule has 0 bridgehead atoms. The predicted octanol–water partition coefficient (Wildman–Crippen LogP) is 4.88. The van der Waals surface area contributed by atoms with Crippen molar-refractivity contribution in [2.45, 2.75) is 32.1 Å². The van der Waals surface area contributed by atoms with Gasteiger partial charge in [-0.15, -0.1) is 0 Å². The monoisotopic (exact) mass is 419 g/mol. The Balaban J connectivity index is 1.96. The minimum absolute atomic E-state index is 0.0741. The lowest BCUT2D eigenvalue weighted by Gasteiger charge is -2.13. The minimum Gasteiger partial charge on any atom is -0.325 e. The van der Waals surface area contributed by atoms with Gasteiger partial charge in [-0.2, -0.15) is 0 Å². The number of carbonyl (C=O) groups is 1. The van der Waals surface area contributed by atoms with E-state index in [2.05, 4.69) is 49.9 Å². The second-order valence-electron chi connectivity index (χ2n) is 4.46. The second-order valence-corrected chi connectivity index (χ2v) is 6.56. The first kappa shape index (κ1) is 14.1. The van der Waals surface area contributed by atoms with E-state index in [-0.39, 0.29) is 5.91 Å². The van der Waals surface area contributed by atoms with Gasteiger partial charge in [-0.25, -0.2) is 0 Å². The molecule has 2 nitrogen and oxygen atoms in total. The molecular weight excluding hydrogens is 405 g/mol. The molecule has 1 aliphatic carbocycles. The van der Waals surface area contributed by atoms with Gasteiger partial charge in [0.15, 0.2) is 0 Å². The van der Waals surface area contributed by atoms with Crippen LogP contribution in [0.1, 0.15) is 32.1 Å². The predicted molar refractivity (Wildman–Crippen MR) is 86.7 cm³/mol. The van der Waals surface area contributed by atoms with Crippen LogP contribution in [0.3, 0.4) is 0 Å². The molecule has 1 aromatic rings. The highest BCUT2D eigenvalue weighted by molar-refractivity contribution is 14.1. The zero-order chi connectivity index (χ0) is 13.0. The Labute approximate surface area is 129 Å². The number of amides is 1. The summed E-state index contributed by atoms with van der Waals surface area (Å²) in [5, 5.41) is 2.95. The number of hydrogen-bond acceptors (Lipinski definition) is 1. The molecule has 0 saturated carbocycles. The normalized spacial score (nSPS) is 15.1. The van der Waals surface area contributed by atoms with Gasteiger partial charge >= 0.3 is 0 Å². The van der Waals surface area contributed by atoms with Crippen molar-refractivity contribution >= 4 is 50.1 Å². The number of rotatable bonds is 3. The molecule has 0 saturated heterocycles. The lowest BCUT2D eigenvalue weighted by molar-refractivity contribution is -0.115. The number of allylic oxidation sites excluding steroid dienone is 1. The van der Waals surface area contributed by atoms with Gasteiger partial charge < -0.3 is 5.32 Å². The van der Waals surface area contributed by atoms with Crippen molar-refractivity contribution in [2.75, 3.05) is 5.32 Å². The molecule has 0 heterocycles. The molecule has 96 valence electrons. The SMILES string of the molecule is O=C(CC1=CCCCC1)Nc1ccc(I)cc1Br. The van der Waals surface area contributed by atoms with E-state index in [1.807, 2.05) is 18.2 Å². The smallest absolute Gasteiger partial charge is 0.228 e. The standard InChI is InChI=1S/C14H15BrINO/c15-12-9-11(16)6-7-13(12)17-14(18)8-10-4-2-1-3-5-10/h4,6-7,9H,1-3,5,8H2,(H,17,18). The number of hydrogen-bond donors (Lipinski definition) is 1. The topological polar surface area (TPSA) is 29.1 Å². The van der Waals surface area contributed by atoms with Crippen LogP contribution in [0.15, 0.2) is 34.3 Å². The third-order valence-electron chi connectivity index (χ3n) is 2.98. The molecule has 2 rings (SSSR count). The zero-order valence-electron chi connectivity index (χ0n) is 10.0. The van der Waals surface area contributed by atoms with E-state index in [0.29, 0.717) is 6.42 Å². The van der Waals surface area contributed by atoms with Crippen LogP contribution >= 0.6 is 38.5 Å². The van der Waals surface area contributed by atoms with Gasteiger partial charge in [0.2, 0.25) is 5.91 Å². The molecule has 1 aromatic carbocycles. The third-order valence-corrected chi connectivity index (χ3v) is 4.30. The van der Waals surface area contributed by atoms with Crippen molar-refractivity contribution in [1.82, 2.24) is 0 Å². The Hall–Kier alpha value is -0.360. The van der Waals surface area contributed by atoms with Gasteiger partial charge in [0, 0.05) is 14.5 Å². The van der Waals surface area contributed by atoms with E-state index in [4.69, 9.17) is 0 Å². The van der Waals surface area contributed by atoms with Gasteiger partial charge in [-0.3, -0.25) is 4.79 Å². The molecule has 0 aromatic heterocycles. The van der Waals surface area contributed by atoms with Crippen LogP contribution < -0.4 is 5.32 Å². The van der Waals surface area contributed by atoms with Crippen LogP contribution in [0, 0.1) is 3.57 Å². The quantitative estimate of drug-likeness (QED) is 0.548. The van der Waals surface area contributed by atoms with E-state index in [9.17, 15) is 4.79 Å². The summed E-state index contributed by atoms with van der Waals surface area (Å²) in [7, 11) is 0. The van der Waals surface area contributed by atoms with Crippen molar-refractivity contribution in [3.05, 3.63) is 37.9 Å². The van der Waals surface area contributed by atoms with Gasteiger partial charge in [-0.05, 0) is 82.4 Å². The number of carbonyl (C=O) groups excluding carboxylic acids is 1. The zero-order valence-corrected chi connectivity index (χ0v) is 13.8. The van der Waals surface area contributed by atoms with Gasteiger partial charge in [0.05, 0.1) is 5.69 Å². The van der Waals surface area contributed by atoms with Crippen molar-refractivity contribution in [3.8, 4) is 0 Å². The molecule has 0 atom stereocenters. The fourth-order valence-electron chi connectivity index (χ4n) is 2.06. The van der Waals surface area contributed by atoms with Crippen LogP contribution in [0.2, 0.25) is 0 Å². The largest absolute Gasteiger partial charge is 0.325 e. The molecule has 0 fully saturated rings. The van der Waals surface area contributed by atoms with Gasteiger partial charge in [0.1, 0.15) is 0 Å². The molecule has 1 amide bonds. The Morgan fingerprint density at radius 1 is 1.39 bits per heavy atom. The first-order valence-corrected chi connectivity index (χ1v) is 7.95. The first-order chi connectivity index (χ1) is 8.65. The van der Waals surface area contributed by atoms with E-state index in [1.54, 1.807) is 0 Å². The van der Waals surface area contributed by atoms with Crippen molar-refractivity contribution in [1.29, 1.82) is 0 Å². The fourth-order valence-corrected chi connectivity index (χ4v) is 3.45.